The number of aromatic nitrogens is 2. The van der Waals surface area contributed by atoms with Gasteiger partial charge in [-0.25, -0.2) is 9.37 Å². The van der Waals surface area contributed by atoms with Gasteiger partial charge in [0.1, 0.15) is 17.3 Å². The van der Waals surface area contributed by atoms with Crippen LogP contribution >= 0.6 is 11.6 Å². The van der Waals surface area contributed by atoms with Gasteiger partial charge in [0.2, 0.25) is 5.88 Å². The maximum atomic E-state index is 13.3. The van der Waals surface area contributed by atoms with Gasteiger partial charge in [0.25, 0.3) is 5.91 Å². The Balaban J connectivity index is 1.92. The molecule has 1 aromatic carbocycles. The maximum Gasteiger partial charge on any atom is 0.262 e. The molecule has 6 nitrogen and oxygen atoms in total. The quantitative estimate of drug-likeness (QED) is 0.651. The predicted octanol–water partition coefficient (Wildman–Crippen LogP) is 4.35. The number of hydrogen-bond acceptors (Lipinski definition) is 5. The van der Waals surface area contributed by atoms with Crippen molar-refractivity contribution in [1.29, 1.82) is 0 Å². The molecular formula is C19H15ClFN3O3. The number of anilines is 1. The second kappa shape index (κ2) is 8.01. The van der Waals surface area contributed by atoms with E-state index in [0.29, 0.717) is 11.6 Å². The summed E-state index contributed by atoms with van der Waals surface area (Å²) in [5, 5.41) is -0.0820. The fourth-order valence-electron chi connectivity index (χ4n) is 2.39. The molecule has 0 unspecified atom stereocenters. The first kappa shape index (κ1) is 18.6. The molecule has 0 bridgehead atoms. The first-order valence-corrected chi connectivity index (χ1v) is 8.23. The largest absolute Gasteiger partial charge is 0.480 e. The van der Waals surface area contributed by atoms with Crippen LogP contribution in [0.2, 0.25) is 5.02 Å². The van der Waals surface area contributed by atoms with Gasteiger partial charge in [-0.3, -0.25) is 9.78 Å². The lowest BCUT2D eigenvalue weighted by Gasteiger charge is -2.20. The van der Waals surface area contributed by atoms with Crippen molar-refractivity contribution in [2.45, 2.75) is 0 Å². The predicted molar refractivity (Wildman–Crippen MR) is 99.2 cm³/mol. The summed E-state index contributed by atoms with van der Waals surface area (Å²) in [6, 6.07) is 8.87. The van der Waals surface area contributed by atoms with Gasteiger partial charge < -0.3 is 14.4 Å². The summed E-state index contributed by atoms with van der Waals surface area (Å²) < 4.78 is 24.2. The zero-order chi connectivity index (χ0) is 19.4. The van der Waals surface area contributed by atoms with Crippen LogP contribution in [0.4, 0.5) is 10.1 Å². The zero-order valence-electron chi connectivity index (χ0n) is 14.5. The van der Waals surface area contributed by atoms with Gasteiger partial charge in [0.15, 0.2) is 5.75 Å². The number of pyridine rings is 2. The Morgan fingerprint density at radius 2 is 2.04 bits per heavy atom. The van der Waals surface area contributed by atoms with Crippen molar-refractivity contribution in [1.82, 2.24) is 9.97 Å². The Hall–Kier alpha value is -3.19. The van der Waals surface area contributed by atoms with Crippen LogP contribution in [0.3, 0.4) is 0 Å². The van der Waals surface area contributed by atoms with Crippen LogP contribution in [0, 0.1) is 5.82 Å². The van der Waals surface area contributed by atoms with Crippen molar-refractivity contribution >= 4 is 23.2 Å². The number of nitrogens with zero attached hydrogens (tertiary/aromatic N) is 3. The summed E-state index contributed by atoms with van der Waals surface area (Å²) in [7, 11) is 3.07. The standard InChI is InChI=1S/C19H15ClFN3O3/c1-24(16-4-3-8-23-18(16)26-2)19(25)13-7-9-22-11-17(13)27-12-5-6-15(21)14(20)10-12/h3-11H,1-2H3. The second-order valence-corrected chi connectivity index (χ2v) is 5.85. The Kier molecular flexibility index (Phi) is 5.52. The van der Waals surface area contributed by atoms with E-state index in [-0.39, 0.29) is 28.0 Å². The number of halogens is 2. The van der Waals surface area contributed by atoms with Crippen molar-refractivity contribution in [3.05, 3.63) is 71.4 Å². The molecule has 138 valence electrons. The minimum atomic E-state index is -0.560. The number of ether oxygens (including phenoxy) is 2. The van der Waals surface area contributed by atoms with E-state index in [1.165, 1.54) is 48.7 Å². The van der Waals surface area contributed by atoms with E-state index in [9.17, 15) is 9.18 Å². The van der Waals surface area contributed by atoms with Crippen molar-refractivity contribution in [3.8, 4) is 17.4 Å². The van der Waals surface area contributed by atoms with Crippen LogP contribution in [-0.4, -0.2) is 30.0 Å². The Labute approximate surface area is 160 Å². The molecule has 0 saturated heterocycles. The number of carbonyl (C=O) groups is 1. The number of carbonyl (C=O) groups excluding carboxylic acids is 1. The smallest absolute Gasteiger partial charge is 0.262 e. The summed E-state index contributed by atoms with van der Waals surface area (Å²) in [6.45, 7) is 0. The fraction of sp³-hybridized carbons (Fsp3) is 0.105. The van der Waals surface area contributed by atoms with Gasteiger partial charge in [0, 0.05) is 25.5 Å². The summed E-state index contributed by atoms with van der Waals surface area (Å²) in [5.41, 5.74) is 0.761. The molecular weight excluding hydrogens is 373 g/mol. The first-order chi connectivity index (χ1) is 13.0. The summed E-state index contributed by atoms with van der Waals surface area (Å²) in [5.74, 6) is -0.109. The van der Waals surface area contributed by atoms with E-state index in [2.05, 4.69) is 9.97 Å². The monoisotopic (exact) mass is 387 g/mol. The molecule has 1 amide bonds. The molecule has 2 heterocycles. The van der Waals surface area contributed by atoms with Crippen molar-refractivity contribution in [3.63, 3.8) is 0 Å². The summed E-state index contributed by atoms with van der Waals surface area (Å²) in [4.78, 5) is 22.5. The minimum absolute atomic E-state index is 0.0820. The molecule has 0 atom stereocenters. The second-order valence-electron chi connectivity index (χ2n) is 5.45. The topological polar surface area (TPSA) is 64.5 Å². The van der Waals surface area contributed by atoms with Gasteiger partial charge in [0.05, 0.1) is 23.9 Å². The molecule has 2 aromatic heterocycles. The molecule has 0 saturated carbocycles. The third-order valence-electron chi connectivity index (χ3n) is 3.74. The average molecular weight is 388 g/mol. The van der Waals surface area contributed by atoms with Gasteiger partial charge in [-0.1, -0.05) is 11.6 Å². The lowest BCUT2D eigenvalue weighted by molar-refractivity contribution is 0.0990. The summed E-state index contributed by atoms with van der Waals surface area (Å²) >= 11 is 5.78. The van der Waals surface area contributed by atoms with Crippen LogP contribution in [0.25, 0.3) is 0 Å². The molecule has 0 N–H and O–H groups in total. The van der Waals surface area contributed by atoms with E-state index in [1.807, 2.05) is 0 Å². The lowest BCUT2D eigenvalue weighted by Crippen LogP contribution is -2.27. The SMILES string of the molecule is COc1ncccc1N(C)C(=O)c1ccncc1Oc1ccc(F)c(Cl)c1. The molecule has 0 fully saturated rings. The number of rotatable bonds is 5. The number of amides is 1. The zero-order valence-corrected chi connectivity index (χ0v) is 15.3. The molecule has 0 aliphatic carbocycles. The normalized spacial score (nSPS) is 10.4. The molecule has 0 radical (unpaired) electrons. The van der Waals surface area contributed by atoms with Crippen LogP contribution in [-0.2, 0) is 0 Å². The molecule has 8 heteroatoms. The van der Waals surface area contributed by atoms with E-state index in [0.717, 1.165) is 0 Å². The highest BCUT2D eigenvalue weighted by molar-refractivity contribution is 6.30. The third kappa shape index (κ3) is 3.98. The van der Waals surface area contributed by atoms with Crippen molar-refractivity contribution in [2.24, 2.45) is 0 Å². The number of hydrogen-bond donors (Lipinski definition) is 0. The Morgan fingerprint density at radius 1 is 1.22 bits per heavy atom. The van der Waals surface area contributed by atoms with Crippen LogP contribution in [0.1, 0.15) is 10.4 Å². The first-order valence-electron chi connectivity index (χ1n) is 7.85. The van der Waals surface area contributed by atoms with Crippen LogP contribution in [0.5, 0.6) is 17.4 Å². The molecule has 3 rings (SSSR count). The number of methoxy groups -OCH3 is 1. The van der Waals surface area contributed by atoms with Crippen molar-refractivity contribution in [2.75, 3.05) is 19.1 Å². The number of benzene rings is 1. The van der Waals surface area contributed by atoms with Crippen LogP contribution < -0.4 is 14.4 Å². The maximum absolute atomic E-state index is 13.3. The van der Waals surface area contributed by atoms with Gasteiger partial charge >= 0.3 is 0 Å². The minimum Gasteiger partial charge on any atom is -0.480 e. The molecule has 0 aliphatic heterocycles. The van der Waals surface area contributed by atoms with E-state index in [1.54, 1.807) is 25.4 Å². The summed E-state index contributed by atoms with van der Waals surface area (Å²) in [6.07, 6.45) is 4.45. The van der Waals surface area contributed by atoms with Crippen LogP contribution in [0.15, 0.2) is 55.0 Å². The van der Waals surface area contributed by atoms with Gasteiger partial charge in [-0.15, -0.1) is 0 Å². The highest BCUT2D eigenvalue weighted by Gasteiger charge is 2.21. The average Bonchev–Trinajstić information content (AvgIpc) is 2.70. The van der Waals surface area contributed by atoms with Gasteiger partial charge in [-0.2, -0.15) is 0 Å². The van der Waals surface area contributed by atoms with Gasteiger partial charge in [-0.05, 0) is 30.3 Å². The highest BCUT2D eigenvalue weighted by atomic mass is 35.5. The lowest BCUT2D eigenvalue weighted by atomic mass is 10.2. The molecule has 3 aromatic rings. The van der Waals surface area contributed by atoms with E-state index >= 15 is 0 Å². The molecule has 0 spiro atoms. The Morgan fingerprint density at radius 3 is 2.78 bits per heavy atom. The fourth-order valence-corrected chi connectivity index (χ4v) is 2.56. The Bertz CT molecular complexity index is 984. The van der Waals surface area contributed by atoms with E-state index < -0.39 is 5.82 Å². The molecule has 0 aliphatic rings. The highest BCUT2D eigenvalue weighted by Crippen LogP contribution is 2.31. The molecule has 27 heavy (non-hydrogen) atoms. The van der Waals surface area contributed by atoms with E-state index in [4.69, 9.17) is 21.1 Å². The third-order valence-corrected chi connectivity index (χ3v) is 4.03. The van der Waals surface area contributed by atoms with Crippen molar-refractivity contribution < 1.29 is 18.7 Å².